The van der Waals surface area contributed by atoms with Gasteiger partial charge in [0.05, 0.1) is 5.54 Å². The molecular formula is C18H26BrClN2O3. The summed E-state index contributed by atoms with van der Waals surface area (Å²) in [6, 6.07) is 8.34. The van der Waals surface area contributed by atoms with E-state index in [0.717, 1.165) is 17.3 Å². The van der Waals surface area contributed by atoms with Gasteiger partial charge in [-0.2, -0.15) is 0 Å². The van der Waals surface area contributed by atoms with Gasteiger partial charge in [-0.1, -0.05) is 28.1 Å². The van der Waals surface area contributed by atoms with Crippen molar-refractivity contribution < 1.29 is 14.3 Å². The smallest absolute Gasteiger partial charge is 0.240 e. The third-order valence-corrected chi connectivity index (χ3v) is 5.80. The maximum atomic E-state index is 12.7. The predicted molar refractivity (Wildman–Crippen MR) is 103 cm³/mol. The van der Waals surface area contributed by atoms with Gasteiger partial charge in [-0.15, -0.1) is 12.4 Å². The molecule has 2 aliphatic rings. The van der Waals surface area contributed by atoms with Crippen LogP contribution in [0.5, 0.6) is 0 Å². The zero-order chi connectivity index (χ0) is 17.0. The first-order valence-corrected chi connectivity index (χ1v) is 9.32. The highest BCUT2D eigenvalue weighted by atomic mass is 79.9. The Kier molecular flexibility index (Phi) is 7.29. The van der Waals surface area contributed by atoms with Crippen molar-refractivity contribution in [2.24, 2.45) is 5.73 Å². The SMILES string of the molecule is Cl.NC1(C(=O)NCC2(c3cccc(Br)c3)CCOCC2)CCOCC1. The van der Waals surface area contributed by atoms with Gasteiger partial charge >= 0.3 is 0 Å². The molecule has 0 aromatic heterocycles. The average Bonchev–Trinajstić information content (AvgIpc) is 2.61. The number of rotatable bonds is 4. The minimum absolute atomic E-state index is 0. The maximum Gasteiger partial charge on any atom is 0.240 e. The minimum atomic E-state index is -0.804. The molecule has 3 rings (SSSR count). The number of carbonyl (C=O) groups excluding carboxylic acids is 1. The Labute approximate surface area is 163 Å². The van der Waals surface area contributed by atoms with Crippen molar-refractivity contribution in [1.29, 1.82) is 0 Å². The summed E-state index contributed by atoms with van der Waals surface area (Å²) in [5, 5.41) is 3.13. The Hall–Kier alpha value is -0.660. The van der Waals surface area contributed by atoms with Gasteiger partial charge in [0, 0.05) is 42.9 Å². The molecule has 2 fully saturated rings. The van der Waals surface area contributed by atoms with Crippen LogP contribution in [0.1, 0.15) is 31.2 Å². The van der Waals surface area contributed by atoms with Crippen LogP contribution in [0.3, 0.4) is 0 Å². The van der Waals surface area contributed by atoms with E-state index in [1.54, 1.807) is 0 Å². The van der Waals surface area contributed by atoms with E-state index in [-0.39, 0.29) is 23.7 Å². The predicted octanol–water partition coefficient (Wildman–Crippen LogP) is 2.54. The first kappa shape index (κ1) is 20.6. The second-order valence-electron chi connectivity index (χ2n) is 6.85. The molecule has 2 saturated heterocycles. The number of nitrogens with two attached hydrogens (primary N) is 1. The van der Waals surface area contributed by atoms with Crippen molar-refractivity contribution in [3.8, 4) is 0 Å². The van der Waals surface area contributed by atoms with Gasteiger partial charge in [0.25, 0.3) is 0 Å². The first-order valence-electron chi connectivity index (χ1n) is 8.53. The van der Waals surface area contributed by atoms with Crippen molar-refractivity contribution >= 4 is 34.2 Å². The molecule has 0 saturated carbocycles. The number of amides is 1. The fourth-order valence-corrected chi connectivity index (χ4v) is 3.94. The summed E-state index contributed by atoms with van der Waals surface area (Å²) in [4.78, 5) is 12.7. The Balaban J connectivity index is 0.00000225. The summed E-state index contributed by atoms with van der Waals surface area (Å²) in [5.74, 6) is -0.0633. The standard InChI is InChI=1S/C18H25BrN2O3.ClH/c19-15-3-1-2-14(12-15)17(4-8-23-9-5-17)13-21-16(22)18(20)6-10-24-11-7-18;/h1-3,12H,4-11,13,20H2,(H,21,22);1H. The number of carbonyl (C=O) groups is 1. The van der Waals surface area contributed by atoms with Gasteiger partial charge in [0.2, 0.25) is 5.91 Å². The summed E-state index contributed by atoms with van der Waals surface area (Å²) in [6.45, 7) is 3.11. The minimum Gasteiger partial charge on any atom is -0.381 e. The van der Waals surface area contributed by atoms with E-state index in [1.807, 2.05) is 12.1 Å². The molecule has 0 spiro atoms. The molecule has 0 bridgehead atoms. The second-order valence-corrected chi connectivity index (χ2v) is 7.77. The number of nitrogens with one attached hydrogen (secondary N) is 1. The van der Waals surface area contributed by atoms with Crippen LogP contribution >= 0.6 is 28.3 Å². The van der Waals surface area contributed by atoms with Crippen LogP contribution in [0.25, 0.3) is 0 Å². The molecular weight excluding hydrogens is 408 g/mol. The normalized spacial score (nSPS) is 21.8. The summed E-state index contributed by atoms with van der Waals surface area (Å²) in [5.41, 5.74) is 6.63. The number of hydrogen-bond donors (Lipinski definition) is 2. The van der Waals surface area contributed by atoms with Crippen molar-refractivity contribution in [2.75, 3.05) is 33.0 Å². The largest absolute Gasteiger partial charge is 0.381 e. The lowest BCUT2D eigenvalue weighted by Crippen LogP contribution is -2.59. The Bertz CT molecular complexity index is 587. The Morgan fingerprint density at radius 2 is 1.72 bits per heavy atom. The van der Waals surface area contributed by atoms with Gasteiger partial charge < -0.3 is 20.5 Å². The van der Waals surface area contributed by atoms with Crippen LogP contribution in [-0.4, -0.2) is 44.4 Å². The molecule has 1 aromatic carbocycles. The van der Waals surface area contributed by atoms with Crippen LogP contribution in [0, 0.1) is 0 Å². The van der Waals surface area contributed by atoms with Crippen molar-refractivity contribution in [2.45, 2.75) is 36.6 Å². The fraction of sp³-hybridized carbons (Fsp3) is 0.611. The van der Waals surface area contributed by atoms with Crippen LogP contribution in [0.4, 0.5) is 0 Å². The van der Waals surface area contributed by atoms with Crippen LogP contribution in [-0.2, 0) is 19.7 Å². The average molecular weight is 434 g/mol. The topological polar surface area (TPSA) is 73.6 Å². The van der Waals surface area contributed by atoms with Gasteiger partial charge in [-0.25, -0.2) is 0 Å². The van der Waals surface area contributed by atoms with E-state index in [0.29, 0.717) is 45.8 Å². The monoisotopic (exact) mass is 432 g/mol. The molecule has 3 N–H and O–H groups in total. The lowest BCUT2D eigenvalue weighted by atomic mass is 9.74. The van der Waals surface area contributed by atoms with Gasteiger partial charge in [-0.05, 0) is 43.4 Å². The Morgan fingerprint density at radius 3 is 2.32 bits per heavy atom. The molecule has 0 atom stereocenters. The highest BCUT2D eigenvalue weighted by Gasteiger charge is 2.39. The lowest BCUT2D eigenvalue weighted by Gasteiger charge is -2.39. The van der Waals surface area contributed by atoms with Gasteiger partial charge in [0.1, 0.15) is 0 Å². The van der Waals surface area contributed by atoms with Gasteiger partial charge in [0.15, 0.2) is 0 Å². The summed E-state index contributed by atoms with van der Waals surface area (Å²) in [6.07, 6.45) is 2.94. The molecule has 2 aliphatic heterocycles. The molecule has 25 heavy (non-hydrogen) atoms. The Morgan fingerprint density at radius 1 is 1.12 bits per heavy atom. The summed E-state index contributed by atoms with van der Waals surface area (Å²) in [7, 11) is 0. The summed E-state index contributed by atoms with van der Waals surface area (Å²) >= 11 is 3.55. The number of hydrogen-bond acceptors (Lipinski definition) is 4. The molecule has 5 nitrogen and oxygen atoms in total. The highest BCUT2D eigenvalue weighted by molar-refractivity contribution is 9.10. The lowest BCUT2D eigenvalue weighted by molar-refractivity contribution is -0.130. The fourth-order valence-electron chi connectivity index (χ4n) is 3.54. The van der Waals surface area contributed by atoms with E-state index in [2.05, 4.69) is 33.4 Å². The molecule has 0 aliphatic carbocycles. The second kappa shape index (κ2) is 8.82. The molecule has 140 valence electrons. The van der Waals surface area contributed by atoms with E-state index in [4.69, 9.17) is 15.2 Å². The third kappa shape index (κ3) is 4.74. The van der Waals surface area contributed by atoms with Crippen molar-refractivity contribution in [3.05, 3.63) is 34.3 Å². The molecule has 7 heteroatoms. The van der Waals surface area contributed by atoms with E-state index >= 15 is 0 Å². The zero-order valence-electron chi connectivity index (χ0n) is 14.3. The highest BCUT2D eigenvalue weighted by Crippen LogP contribution is 2.35. The molecule has 0 unspecified atom stereocenters. The molecule has 0 radical (unpaired) electrons. The maximum absolute atomic E-state index is 12.7. The number of ether oxygens (including phenoxy) is 2. The van der Waals surface area contributed by atoms with Crippen LogP contribution < -0.4 is 11.1 Å². The van der Waals surface area contributed by atoms with Crippen LogP contribution in [0.2, 0.25) is 0 Å². The molecule has 2 heterocycles. The quantitative estimate of drug-likeness (QED) is 0.765. The van der Waals surface area contributed by atoms with Gasteiger partial charge in [-0.3, -0.25) is 4.79 Å². The van der Waals surface area contributed by atoms with E-state index in [9.17, 15) is 4.79 Å². The number of benzene rings is 1. The van der Waals surface area contributed by atoms with Crippen molar-refractivity contribution in [3.63, 3.8) is 0 Å². The van der Waals surface area contributed by atoms with Crippen molar-refractivity contribution in [1.82, 2.24) is 5.32 Å². The number of halogens is 2. The summed E-state index contributed by atoms with van der Waals surface area (Å²) < 4.78 is 11.9. The first-order chi connectivity index (χ1) is 11.5. The molecule has 1 amide bonds. The van der Waals surface area contributed by atoms with E-state index < -0.39 is 5.54 Å². The molecule has 1 aromatic rings. The van der Waals surface area contributed by atoms with Crippen LogP contribution in [0.15, 0.2) is 28.7 Å². The third-order valence-electron chi connectivity index (χ3n) is 5.31. The zero-order valence-corrected chi connectivity index (χ0v) is 16.7. The van der Waals surface area contributed by atoms with E-state index in [1.165, 1.54) is 5.56 Å².